The predicted octanol–water partition coefficient (Wildman–Crippen LogP) is 5.28. The molecule has 3 aromatic rings. The van der Waals surface area contributed by atoms with E-state index in [2.05, 4.69) is 16.7 Å². The molecule has 6 heteroatoms. The van der Waals surface area contributed by atoms with Crippen molar-refractivity contribution in [2.24, 2.45) is 0 Å². The van der Waals surface area contributed by atoms with E-state index in [1.807, 2.05) is 36.4 Å². The number of ketones is 1. The van der Waals surface area contributed by atoms with Crippen LogP contribution >= 0.6 is 0 Å². The summed E-state index contributed by atoms with van der Waals surface area (Å²) in [4.78, 5) is 25.8. The number of nitrogens with one attached hydrogen (secondary N) is 2. The Labute approximate surface area is 187 Å². The Morgan fingerprint density at radius 2 is 1.59 bits per heavy atom. The number of rotatable bonds is 6. The molecule has 0 unspecified atom stereocenters. The van der Waals surface area contributed by atoms with Gasteiger partial charge in [0.25, 0.3) is 0 Å². The molecule has 1 heterocycles. The maximum Gasteiger partial charge on any atom is 0.221 e. The molecule has 6 nitrogen and oxygen atoms in total. The Kier molecular flexibility index (Phi) is 6.37. The molecule has 1 fully saturated rings. The minimum Gasteiger partial charge on any atom is -0.367 e. The zero-order chi connectivity index (χ0) is 22.5. The first-order valence-corrected chi connectivity index (χ1v) is 11.0. The number of benzene rings is 2. The molecule has 0 spiro atoms. The molecule has 2 aromatic carbocycles. The van der Waals surface area contributed by atoms with E-state index in [1.54, 1.807) is 28.8 Å². The van der Waals surface area contributed by atoms with Gasteiger partial charge in [0.1, 0.15) is 23.1 Å². The van der Waals surface area contributed by atoms with Crippen molar-refractivity contribution in [3.63, 3.8) is 0 Å². The second kappa shape index (κ2) is 9.52. The monoisotopic (exact) mass is 426 g/mol. The first-order valence-electron chi connectivity index (χ1n) is 11.0. The maximum atomic E-state index is 13.7. The second-order valence-electron chi connectivity index (χ2n) is 8.09. The van der Waals surface area contributed by atoms with E-state index in [4.69, 9.17) is 0 Å². The van der Waals surface area contributed by atoms with Crippen LogP contribution in [0.15, 0.2) is 60.7 Å². The van der Waals surface area contributed by atoms with Crippen molar-refractivity contribution >= 4 is 23.2 Å². The van der Waals surface area contributed by atoms with E-state index in [0.29, 0.717) is 11.4 Å². The van der Waals surface area contributed by atoms with Gasteiger partial charge in [-0.05, 0) is 25.0 Å². The Balaban J connectivity index is 1.97. The van der Waals surface area contributed by atoms with Crippen molar-refractivity contribution in [3.8, 4) is 11.8 Å². The fraction of sp³-hybridized carbons (Fsp3) is 0.269. The van der Waals surface area contributed by atoms with Gasteiger partial charge < -0.3 is 10.6 Å². The summed E-state index contributed by atoms with van der Waals surface area (Å²) < 4.78 is 1.79. The SMILES string of the molecule is CC(=O)Nc1c(C#N)c(NC2CCCCC2)n(-c2ccccc2)c1C(=O)c1ccccc1. The van der Waals surface area contributed by atoms with Gasteiger partial charge in [0, 0.05) is 24.2 Å². The molecule has 0 aliphatic heterocycles. The predicted molar refractivity (Wildman–Crippen MR) is 125 cm³/mol. The van der Waals surface area contributed by atoms with Crippen molar-refractivity contribution in [2.75, 3.05) is 10.6 Å². The number of hydrogen-bond acceptors (Lipinski definition) is 4. The number of carbonyl (C=O) groups is 2. The van der Waals surface area contributed by atoms with Crippen LogP contribution in [0.25, 0.3) is 5.69 Å². The van der Waals surface area contributed by atoms with Crippen LogP contribution in [0.2, 0.25) is 0 Å². The molecule has 1 aliphatic carbocycles. The van der Waals surface area contributed by atoms with Gasteiger partial charge in [0.2, 0.25) is 11.7 Å². The highest BCUT2D eigenvalue weighted by Gasteiger charge is 2.31. The van der Waals surface area contributed by atoms with E-state index in [9.17, 15) is 14.9 Å². The number of amides is 1. The van der Waals surface area contributed by atoms with Crippen LogP contribution < -0.4 is 10.6 Å². The van der Waals surface area contributed by atoms with Crippen molar-refractivity contribution in [1.29, 1.82) is 5.26 Å². The summed E-state index contributed by atoms with van der Waals surface area (Å²) >= 11 is 0. The first kappa shape index (κ1) is 21.4. The molecule has 1 aromatic heterocycles. The highest BCUT2D eigenvalue weighted by molar-refractivity contribution is 6.15. The second-order valence-corrected chi connectivity index (χ2v) is 8.09. The largest absolute Gasteiger partial charge is 0.367 e. The summed E-state index contributed by atoms with van der Waals surface area (Å²) in [5.74, 6) is -0.0435. The average molecular weight is 427 g/mol. The van der Waals surface area contributed by atoms with Crippen molar-refractivity contribution < 1.29 is 9.59 Å². The van der Waals surface area contributed by atoms with E-state index in [1.165, 1.54) is 13.3 Å². The molecule has 1 amide bonds. The number of aromatic nitrogens is 1. The Hall–Kier alpha value is -3.85. The number of carbonyl (C=O) groups excluding carboxylic acids is 2. The molecule has 1 aliphatic rings. The van der Waals surface area contributed by atoms with Gasteiger partial charge in [0.15, 0.2) is 0 Å². The average Bonchev–Trinajstić information content (AvgIpc) is 3.12. The zero-order valence-electron chi connectivity index (χ0n) is 18.1. The summed E-state index contributed by atoms with van der Waals surface area (Å²) in [7, 11) is 0. The molecule has 0 radical (unpaired) electrons. The van der Waals surface area contributed by atoms with Gasteiger partial charge in [-0.25, -0.2) is 0 Å². The molecule has 32 heavy (non-hydrogen) atoms. The van der Waals surface area contributed by atoms with Gasteiger partial charge in [-0.3, -0.25) is 14.2 Å². The third kappa shape index (κ3) is 4.28. The molecule has 0 saturated heterocycles. The molecule has 1 saturated carbocycles. The lowest BCUT2D eigenvalue weighted by Gasteiger charge is -2.25. The third-order valence-electron chi connectivity index (χ3n) is 5.80. The molecule has 0 atom stereocenters. The molecule has 0 bridgehead atoms. The van der Waals surface area contributed by atoms with Crippen LogP contribution in [-0.2, 0) is 4.79 Å². The molecule has 2 N–H and O–H groups in total. The van der Waals surface area contributed by atoms with Gasteiger partial charge in [-0.1, -0.05) is 67.8 Å². The van der Waals surface area contributed by atoms with Crippen LogP contribution in [-0.4, -0.2) is 22.3 Å². The number of hydrogen-bond donors (Lipinski definition) is 2. The lowest BCUT2D eigenvalue weighted by molar-refractivity contribution is -0.114. The Bertz CT molecular complexity index is 1150. The molecule has 4 rings (SSSR count). The highest BCUT2D eigenvalue weighted by atomic mass is 16.1. The minimum atomic E-state index is -0.335. The van der Waals surface area contributed by atoms with E-state index >= 15 is 0 Å². The normalized spacial score (nSPS) is 13.9. The Morgan fingerprint density at radius 3 is 2.19 bits per heavy atom. The van der Waals surface area contributed by atoms with Crippen molar-refractivity contribution in [1.82, 2.24) is 4.57 Å². The highest BCUT2D eigenvalue weighted by Crippen LogP contribution is 2.38. The summed E-state index contributed by atoms with van der Waals surface area (Å²) in [6, 6.07) is 20.8. The number of nitriles is 1. The first-order chi connectivity index (χ1) is 15.6. The zero-order valence-corrected chi connectivity index (χ0v) is 18.1. The van der Waals surface area contributed by atoms with Gasteiger partial charge in [-0.2, -0.15) is 5.26 Å². The van der Waals surface area contributed by atoms with Gasteiger partial charge in [0.05, 0.1) is 5.69 Å². The summed E-state index contributed by atoms with van der Waals surface area (Å²) in [6.45, 7) is 1.38. The molecule has 162 valence electrons. The van der Waals surface area contributed by atoms with Gasteiger partial charge >= 0.3 is 0 Å². The van der Waals surface area contributed by atoms with Crippen molar-refractivity contribution in [2.45, 2.75) is 45.1 Å². The summed E-state index contributed by atoms with van der Waals surface area (Å²) in [6.07, 6.45) is 5.46. The lowest BCUT2D eigenvalue weighted by Crippen LogP contribution is -2.24. The van der Waals surface area contributed by atoms with Crippen LogP contribution in [0, 0.1) is 11.3 Å². The standard InChI is InChI=1S/C26H26N4O2/c1-18(31)28-23-22(17-27)26(29-20-13-7-3-8-14-20)30(21-15-9-4-10-16-21)24(23)25(32)19-11-5-2-6-12-19/h2,4-6,9-12,15-16,20,29H,3,7-8,13-14H2,1H3,(H,28,31). The summed E-state index contributed by atoms with van der Waals surface area (Å²) in [5.41, 5.74) is 2.03. The summed E-state index contributed by atoms with van der Waals surface area (Å²) in [5, 5.41) is 16.4. The van der Waals surface area contributed by atoms with Crippen LogP contribution in [0.3, 0.4) is 0 Å². The number of nitrogens with zero attached hydrogens (tertiary/aromatic N) is 2. The van der Waals surface area contributed by atoms with Crippen LogP contribution in [0.1, 0.15) is 60.6 Å². The van der Waals surface area contributed by atoms with E-state index in [-0.39, 0.29) is 34.7 Å². The minimum absolute atomic E-state index is 0.207. The van der Waals surface area contributed by atoms with E-state index in [0.717, 1.165) is 31.4 Å². The fourth-order valence-electron chi connectivity index (χ4n) is 4.33. The molecular weight excluding hydrogens is 400 g/mol. The number of para-hydroxylation sites is 1. The van der Waals surface area contributed by atoms with E-state index < -0.39 is 0 Å². The van der Waals surface area contributed by atoms with Crippen LogP contribution in [0.4, 0.5) is 11.5 Å². The lowest BCUT2D eigenvalue weighted by atomic mass is 9.95. The van der Waals surface area contributed by atoms with Crippen molar-refractivity contribution in [3.05, 3.63) is 77.5 Å². The fourth-order valence-corrected chi connectivity index (χ4v) is 4.33. The third-order valence-corrected chi connectivity index (χ3v) is 5.80. The van der Waals surface area contributed by atoms with Gasteiger partial charge in [-0.15, -0.1) is 0 Å². The van der Waals surface area contributed by atoms with Crippen LogP contribution in [0.5, 0.6) is 0 Å². The molecular formula is C26H26N4O2. The number of anilines is 2. The Morgan fingerprint density at radius 1 is 0.969 bits per heavy atom. The topological polar surface area (TPSA) is 86.9 Å². The maximum absolute atomic E-state index is 13.7. The smallest absolute Gasteiger partial charge is 0.221 e. The quantitative estimate of drug-likeness (QED) is 0.525.